The fourth-order valence-corrected chi connectivity index (χ4v) is 1.64. The van der Waals surface area contributed by atoms with Crippen LogP contribution < -0.4 is 0 Å². The maximum Gasteiger partial charge on any atom is 3.00 e. The maximum atomic E-state index is 4.08. The largest absolute Gasteiger partial charge is 3.00 e. The summed E-state index contributed by atoms with van der Waals surface area (Å²) in [5.74, 6) is 0.470. The fraction of sp³-hybridized carbons (Fsp3) is 0.0909. The Kier molecular flexibility index (Phi) is 3.59. The molecule has 3 aromatic rings. The first-order valence-corrected chi connectivity index (χ1v) is 4.88. The van der Waals surface area contributed by atoms with Crippen molar-refractivity contribution in [3.8, 4) is 11.1 Å². The predicted molar refractivity (Wildman–Crippen MR) is 57.6 cm³/mol. The minimum absolute atomic E-state index is 0. The van der Waals surface area contributed by atoms with Gasteiger partial charge in [-0.25, -0.2) is 0 Å². The van der Waals surface area contributed by atoms with Gasteiger partial charge in [0.1, 0.15) is 0 Å². The number of hydrogen-bond acceptors (Lipinski definition) is 4. The minimum Gasteiger partial charge on any atom is -0.316 e. The second kappa shape index (κ2) is 4.98. The van der Waals surface area contributed by atoms with E-state index in [-0.39, 0.29) is 32.7 Å². The van der Waals surface area contributed by atoms with E-state index in [0.717, 1.165) is 16.8 Å². The molecular weight excluding hydrogens is 291 g/mol. The van der Waals surface area contributed by atoms with Crippen LogP contribution in [0, 0.1) is 13.1 Å². The van der Waals surface area contributed by atoms with Crippen LogP contribution in [0.4, 0.5) is 0 Å². The summed E-state index contributed by atoms with van der Waals surface area (Å²) in [6.07, 6.45) is 2.97. The summed E-state index contributed by atoms with van der Waals surface area (Å²) in [6, 6.07) is 9.95. The topological polar surface area (TPSA) is 56.0 Å². The number of aryl methyl sites for hydroxylation is 1. The SMILES string of the molecule is Cc1c(-c2ccccc2)[c-]nc2nnnn12.[Y+3]. The van der Waals surface area contributed by atoms with Gasteiger partial charge in [-0.15, -0.1) is 10.7 Å². The van der Waals surface area contributed by atoms with Crippen LogP contribution in [-0.2, 0) is 32.7 Å². The number of benzene rings is 1. The summed E-state index contributed by atoms with van der Waals surface area (Å²) in [6.45, 7) is 1.95. The van der Waals surface area contributed by atoms with Gasteiger partial charge in [0.05, 0.1) is 0 Å². The third-order valence-electron chi connectivity index (χ3n) is 2.46. The zero-order chi connectivity index (χ0) is 11.0. The van der Waals surface area contributed by atoms with E-state index in [4.69, 9.17) is 0 Å². The summed E-state index contributed by atoms with van der Waals surface area (Å²) in [4.78, 5) is 4.08. The van der Waals surface area contributed by atoms with E-state index in [1.165, 1.54) is 0 Å². The fourth-order valence-electron chi connectivity index (χ4n) is 1.64. The van der Waals surface area contributed by atoms with E-state index >= 15 is 0 Å². The van der Waals surface area contributed by atoms with E-state index < -0.39 is 0 Å². The van der Waals surface area contributed by atoms with Gasteiger partial charge in [0, 0.05) is 0 Å². The molecule has 2 aromatic heterocycles. The standard InChI is InChI=1S/C11H8N5.Y/c1-8-10(9-5-3-2-4-6-9)7-12-11-13-14-15-16(8)11;/h2-6H,1H3;/q-1;+3. The summed E-state index contributed by atoms with van der Waals surface area (Å²) in [7, 11) is 0. The second-order valence-electron chi connectivity index (χ2n) is 3.44. The monoisotopic (exact) mass is 299 g/mol. The third kappa shape index (κ3) is 2.12. The average molecular weight is 299 g/mol. The molecule has 1 aromatic carbocycles. The number of tetrazole rings is 1. The van der Waals surface area contributed by atoms with Gasteiger partial charge >= 0.3 is 32.7 Å². The summed E-state index contributed by atoms with van der Waals surface area (Å²) in [5, 5.41) is 11.2. The Labute approximate surface area is 123 Å². The Balaban J connectivity index is 0.00000108. The Morgan fingerprint density at radius 3 is 2.71 bits per heavy atom. The van der Waals surface area contributed by atoms with Gasteiger partial charge in [-0.2, -0.15) is 0 Å². The normalized spacial score (nSPS) is 10.2. The molecule has 0 amide bonds. The molecule has 78 valence electrons. The quantitative estimate of drug-likeness (QED) is 0.635. The molecule has 0 atom stereocenters. The zero-order valence-electron chi connectivity index (χ0n) is 9.20. The molecule has 0 unspecified atom stereocenters. The van der Waals surface area contributed by atoms with Gasteiger partial charge in [0.25, 0.3) is 0 Å². The Morgan fingerprint density at radius 1 is 1.18 bits per heavy atom. The summed E-state index contributed by atoms with van der Waals surface area (Å²) >= 11 is 0. The second-order valence-corrected chi connectivity index (χ2v) is 3.44. The molecule has 6 heteroatoms. The molecule has 0 saturated heterocycles. The molecule has 0 aliphatic carbocycles. The van der Waals surface area contributed by atoms with Gasteiger partial charge in [-0.3, -0.25) is 4.52 Å². The minimum atomic E-state index is 0. The molecule has 0 fully saturated rings. The summed E-state index contributed by atoms with van der Waals surface area (Å²) in [5.41, 5.74) is 2.91. The van der Waals surface area contributed by atoms with Crippen LogP contribution in [0.5, 0.6) is 0 Å². The number of hydrogen-bond donors (Lipinski definition) is 0. The van der Waals surface area contributed by atoms with Crippen LogP contribution in [0.15, 0.2) is 30.3 Å². The third-order valence-corrected chi connectivity index (χ3v) is 2.46. The Bertz CT molecular complexity index is 635. The van der Waals surface area contributed by atoms with Gasteiger partial charge in [0.15, 0.2) is 5.78 Å². The van der Waals surface area contributed by atoms with Crippen LogP contribution in [0.3, 0.4) is 0 Å². The van der Waals surface area contributed by atoms with Crippen molar-refractivity contribution in [1.82, 2.24) is 25.0 Å². The molecular formula is C11H8N5Y+2. The van der Waals surface area contributed by atoms with Crippen molar-refractivity contribution >= 4 is 5.78 Å². The van der Waals surface area contributed by atoms with Crippen LogP contribution in [0.2, 0.25) is 0 Å². The van der Waals surface area contributed by atoms with E-state index in [1.54, 1.807) is 4.52 Å². The van der Waals surface area contributed by atoms with Crippen molar-refractivity contribution in [2.45, 2.75) is 6.92 Å². The van der Waals surface area contributed by atoms with Crippen LogP contribution >= 0.6 is 0 Å². The van der Waals surface area contributed by atoms with E-state index in [0.29, 0.717) is 5.78 Å². The molecule has 0 spiro atoms. The zero-order valence-corrected chi connectivity index (χ0v) is 12.0. The van der Waals surface area contributed by atoms with E-state index in [9.17, 15) is 0 Å². The molecule has 3 rings (SSSR count). The molecule has 5 nitrogen and oxygen atoms in total. The number of rotatable bonds is 1. The van der Waals surface area contributed by atoms with Crippen molar-refractivity contribution in [3.05, 3.63) is 42.2 Å². The molecule has 2 heterocycles. The van der Waals surface area contributed by atoms with Gasteiger partial charge < -0.3 is 4.98 Å². The molecule has 0 radical (unpaired) electrons. The maximum absolute atomic E-state index is 4.08. The first-order valence-electron chi connectivity index (χ1n) is 4.88. The first-order chi connectivity index (χ1) is 7.86. The Hall–Kier alpha value is -1.20. The van der Waals surface area contributed by atoms with Gasteiger partial charge in [-0.05, 0) is 17.1 Å². The number of nitrogens with zero attached hydrogens (tertiary/aromatic N) is 5. The van der Waals surface area contributed by atoms with Crippen molar-refractivity contribution < 1.29 is 32.7 Å². The molecule has 0 aliphatic heterocycles. The molecule has 0 bridgehead atoms. The van der Waals surface area contributed by atoms with Crippen LogP contribution in [0.1, 0.15) is 5.69 Å². The van der Waals surface area contributed by atoms with Crippen LogP contribution in [-0.4, -0.2) is 25.0 Å². The predicted octanol–water partition coefficient (Wildman–Crippen LogP) is 1.29. The van der Waals surface area contributed by atoms with Crippen LogP contribution in [0.25, 0.3) is 16.9 Å². The Morgan fingerprint density at radius 2 is 1.94 bits per heavy atom. The molecule has 17 heavy (non-hydrogen) atoms. The van der Waals surface area contributed by atoms with Crippen molar-refractivity contribution in [2.24, 2.45) is 0 Å². The van der Waals surface area contributed by atoms with Crippen molar-refractivity contribution in [2.75, 3.05) is 0 Å². The summed E-state index contributed by atoms with van der Waals surface area (Å²) < 4.78 is 1.61. The molecule has 0 aliphatic rings. The van der Waals surface area contributed by atoms with Crippen molar-refractivity contribution in [1.29, 1.82) is 0 Å². The van der Waals surface area contributed by atoms with E-state index in [1.807, 2.05) is 37.3 Å². The number of aromatic nitrogens is 5. The number of fused-ring (bicyclic) bond motifs is 1. The molecule has 0 saturated carbocycles. The molecule has 0 N–H and O–H groups in total. The van der Waals surface area contributed by atoms with Gasteiger partial charge in [0.2, 0.25) is 0 Å². The average Bonchev–Trinajstić information content (AvgIpc) is 2.80. The van der Waals surface area contributed by atoms with E-state index in [2.05, 4.69) is 26.7 Å². The first kappa shape index (κ1) is 12.3. The smallest absolute Gasteiger partial charge is 0.316 e. The van der Waals surface area contributed by atoms with Gasteiger partial charge in [-0.1, -0.05) is 48.0 Å². The van der Waals surface area contributed by atoms with Crippen molar-refractivity contribution in [3.63, 3.8) is 0 Å².